The normalized spacial score (nSPS) is 24.7. The van der Waals surface area contributed by atoms with Crippen molar-refractivity contribution in [2.24, 2.45) is 0 Å². The van der Waals surface area contributed by atoms with E-state index in [1.807, 2.05) is 40.1 Å². The molecule has 2 aliphatic heterocycles. The summed E-state index contributed by atoms with van der Waals surface area (Å²) in [6.07, 6.45) is 4.70. The largest absolute Gasteiger partial charge is 0.498 e. The number of aliphatic hydroxyl groups is 1. The van der Waals surface area contributed by atoms with Gasteiger partial charge in [0.05, 0.1) is 17.8 Å². The van der Waals surface area contributed by atoms with Gasteiger partial charge in [-0.15, -0.1) is 0 Å². The summed E-state index contributed by atoms with van der Waals surface area (Å²) in [5.74, 6) is 0.737. The highest BCUT2D eigenvalue weighted by Gasteiger charge is 2.52. The molecule has 3 rings (SSSR count). The zero-order chi connectivity index (χ0) is 19.8. The van der Waals surface area contributed by atoms with Crippen LogP contribution in [0.5, 0.6) is 0 Å². The molecule has 7 nitrogen and oxygen atoms in total. The molecule has 0 unspecified atom stereocenters. The first-order valence-electron chi connectivity index (χ1n) is 9.94. The van der Waals surface area contributed by atoms with Crippen molar-refractivity contribution >= 4 is 18.5 Å². The van der Waals surface area contributed by atoms with Crippen LogP contribution in [0.15, 0.2) is 12.4 Å². The average molecular weight is 376 g/mol. The zero-order valence-electron chi connectivity index (χ0n) is 17.5. The third kappa shape index (κ3) is 4.13. The van der Waals surface area contributed by atoms with Crippen LogP contribution in [0.3, 0.4) is 0 Å². The van der Waals surface area contributed by atoms with Crippen molar-refractivity contribution in [3.8, 4) is 0 Å². The maximum absolute atomic E-state index is 9.18. The Kier molecular flexibility index (Phi) is 5.82. The summed E-state index contributed by atoms with van der Waals surface area (Å²) in [4.78, 5) is 13.9. The number of aliphatic hydroxyl groups excluding tert-OH is 1. The highest BCUT2D eigenvalue weighted by molar-refractivity contribution is 6.61. The lowest BCUT2D eigenvalue weighted by Crippen LogP contribution is -2.44. The number of likely N-dealkylation sites (tertiary alicyclic amines) is 1. The van der Waals surface area contributed by atoms with Crippen molar-refractivity contribution in [3.05, 3.63) is 12.4 Å². The van der Waals surface area contributed by atoms with Crippen LogP contribution < -0.4 is 10.4 Å². The molecule has 0 saturated carbocycles. The molecule has 150 valence electrons. The molecule has 27 heavy (non-hydrogen) atoms. The molecule has 2 saturated heterocycles. The molecule has 2 fully saturated rings. The third-order valence-corrected chi connectivity index (χ3v) is 6.03. The Bertz CT molecular complexity index is 622. The molecule has 0 aromatic carbocycles. The molecular formula is C19H33BN4O3. The molecule has 0 spiro atoms. The Hall–Kier alpha value is -1.22. The number of rotatable bonds is 6. The lowest BCUT2D eigenvalue weighted by molar-refractivity contribution is 0.00578. The zero-order valence-corrected chi connectivity index (χ0v) is 17.5. The first-order chi connectivity index (χ1) is 12.6. The van der Waals surface area contributed by atoms with Crippen molar-refractivity contribution in [1.82, 2.24) is 14.9 Å². The summed E-state index contributed by atoms with van der Waals surface area (Å²) in [7, 11) is -0.442. The molecular weight excluding hydrogens is 343 g/mol. The van der Waals surface area contributed by atoms with Crippen LogP contribution >= 0.6 is 0 Å². The minimum atomic E-state index is -0.442. The lowest BCUT2D eigenvalue weighted by atomic mass is 9.81. The predicted octanol–water partition coefficient (Wildman–Crippen LogP) is 1.06. The van der Waals surface area contributed by atoms with Crippen LogP contribution in [0.4, 0.5) is 5.95 Å². The minimum absolute atomic E-state index is 0.202. The highest BCUT2D eigenvalue weighted by atomic mass is 16.7. The third-order valence-electron chi connectivity index (χ3n) is 6.03. The molecule has 0 radical (unpaired) electrons. The highest BCUT2D eigenvalue weighted by Crippen LogP contribution is 2.36. The first-order valence-corrected chi connectivity index (χ1v) is 9.94. The Morgan fingerprint density at radius 1 is 1.22 bits per heavy atom. The van der Waals surface area contributed by atoms with E-state index in [1.165, 1.54) is 0 Å². The summed E-state index contributed by atoms with van der Waals surface area (Å²) in [6, 6.07) is 0.658. The summed E-state index contributed by atoms with van der Waals surface area (Å²) in [5.41, 5.74) is 0.0927. The van der Waals surface area contributed by atoms with E-state index in [-0.39, 0.29) is 17.8 Å². The molecule has 1 atom stereocenters. The monoisotopic (exact) mass is 376 g/mol. The van der Waals surface area contributed by atoms with E-state index in [1.54, 1.807) is 0 Å². The van der Waals surface area contributed by atoms with Gasteiger partial charge in [-0.25, -0.2) is 9.97 Å². The fraction of sp³-hybridized carbons (Fsp3) is 0.789. The minimum Gasteiger partial charge on any atom is -0.399 e. The smallest absolute Gasteiger partial charge is 0.399 e. The van der Waals surface area contributed by atoms with Crippen LogP contribution in [0.25, 0.3) is 0 Å². The van der Waals surface area contributed by atoms with E-state index >= 15 is 0 Å². The number of β-amino-alcohol motifs (C(OH)–C–C–N with tert-alkyl or cyclic N) is 1. The fourth-order valence-corrected chi connectivity index (χ4v) is 3.77. The van der Waals surface area contributed by atoms with Crippen LogP contribution in [0, 0.1) is 0 Å². The van der Waals surface area contributed by atoms with Crippen molar-refractivity contribution < 1.29 is 14.4 Å². The fourth-order valence-electron chi connectivity index (χ4n) is 3.77. The van der Waals surface area contributed by atoms with E-state index in [0.717, 1.165) is 37.5 Å². The van der Waals surface area contributed by atoms with Gasteiger partial charge in [0.2, 0.25) is 5.95 Å². The second-order valence-electron chi connectivity index (χ2n) is 8.87. The average Bonchev–Trinajstić information content (AvgIpc) is 3.10. The topological polar surface area (TPSA) is 71.0 Å². The first kappa shape index (κ1) is 20.5. The summed E-state index contributed by atoms with van der Waals surface area (Å²) < 4.78 is 12.2. The summed E-state index contributed by atoms with van der Waals surface area (Å²) in [5, 5.41) is 9.18. The van der Waals surface area contributed by atoms with E-state index in [9.17, 15) is 5.11 Å². The number of nitrogens with zero attached hydrogens (tertiary/aromatic N) is 4. The van der Waals surface area contributed by atoms with Gasteiger partial charge < -0.3 is 19.3 Å². The lowest BCUT2D eigenvalue weighted by Gasteiger charge is -2.33. The van der Waals surface area contributed by atoms with Crippen molar-refractivity contribution in [1.29, 1.82) is 0 Å². The molecule has 8 heteroatoms. The van der Waals surface area contributed by atoms with Gasteiger partial charge in [-0.05, 0) is 48.0 Å². The van der Waals surface area contributed by atoms with Crippen LogP contribution in [0.1, 0.15) is 48.0 Å². The van der Waals surface area contributed by atoms with Gasteiger partial charge in [0.25, 0.3) is 0 Å². The Balaban J connectivity index is 1.73. The van der Waals surface area contributed by atoms with E-state index in [2.05, 4.69) is 33.6 Å². The quantitative estimate of drug-likeness (QED) is 0.745. The molecule has 0 bridgehead atoms. The number of hydrogen-bond acceptors (Lipinski definition) is 7. The van der Waals surface area contributed by atoms with Gasteiger partial charge in [-0.3, -0.25) is 4.90 Å². The molecule has 0 amide bonds. The van der Waals surface area contributed by atoms with Crippen molar-refractivity contribution in [2.45, 2.75) is 71.2 Å². The predicted molar refractivity (Wildman–Crippen MR) is 107 cm³/mol. The molecule has 0 aliphatic carbocycles. The van der Waals surface area contributed by atoms with E-state index in [4.69, 9.17) is 9.31 Å². The number of anilines is 1. The second-order valence-corrected chi connectivity index (χ2v) is 8.87. The number of aromatic nitrogens is 2. The molecule has 1 aromatic rings. The Labute approximate surface area is 163 Å². The van der Waals surface area contributed by atoms with Gasteiger partial charge in [0.15, 0.2) is 0 Å². The van der Waals surface area contributed by atoms with Gasteiger partial charge in [-0.1, -0.05) is 0 Å². The Morgan fingerprint density at radius 2 is 1.81 bits per heavy atom. The molecule has 2 aliphatic rings. The Morgan fingerprint density at radius 3 is 2.33 bits per heavy atom. The molecule has 1 aromatic heterocycles. The van der Waals surface area contributed by atoms with Gasteiger partial charge in [0, 0.05) is 49.6 Å². The van der Waals surface area contributed by atoms with Crippen LogP contribution in [0.2, 0.25) is 0 Å². The van der Waals surface area contributed by atoms with Gasteiger partial charge in [0.1, 0.15) is 0 Å². The SMILES string of the molecule is CC(C)N(c1ncc(B2OC(C)(C)C(C)(C)O2)cn1)[C@H]1CCN(CCO)C1. The van der Waals surface area contributed by atoms with E-state index in [0.29, 0.717) is 12.1 Å². The standard InChI is InChI=1S/C19H33BN4O3/c1-14(2)24(16-7-8-23(13-16)9-10-25)17-21-11-15(12-22-17)20-26-18(3,4)19(5,6)27-20/h11-12,14,16,25H,7-10,13H2,1-6H3/t16-/m0/s1. The van der Waals surface area contributed by atoms with Gasteiger partial charge >= 0.3 is 7.12 Å². The van der Waals surface area contributed by atoms with Crippen molar-refractivity contribution in [3.63, 3.8) is 0 Å². The maximum Gasteiger partial charge on any atom is 0.498 e. The maximum atomic E-state index is 9.18. The number of hydrogen-bond donors (Lipinski definition) is 1. The van der Waals surface area contributed by atoms with Gasteiger partial charge in [-0.2, -0.15) is 0 Å². The second kappa shape index (κ2) is 7.66. The summed E-state index contributed by atoms with van der Waals surface area (Å²) in [6.45, 7) is 15.4. The van der Waals surface area contributed by atoms with Crippen LogP contribution in [-0.4, -0.2) is 76.6 Å². The van der Waals surface area contributed by atoms with E-state index < -0.39 is 7.12 Å². The molecule has 1 N–H and O–H groups in total. The van der Waals surface area contributed by atoms with Crippen molar-refractivity contribution in [2.75, 3.05) is 31.1 Å². The molecule has 3 heterocycles. The van der Waals surface area contributed by atoms with Crippen LogP contribution in [-0.2, 0) is 9.31 Å². The summed E-state index contributed by atoms with van der Waals surface area (Å²) >= 11 is 0.